The molecule has 4 nitrogen and oxygen atoms in total. The summed E-state index contributed by atoms with van der Waals surface area (Å²) >= 11 is 0. The first-order valence-electron chi connectivity index (χ1n) is 12.3. The minimum atomic E-state index is -0.0783. The molecule has 1 heterocycles. The molecule has 0 saturated carbocycles. The summed E-state index contributed by atoms with van der Waals surface area (Å²) in [5.41, 5.74) is 0. The van der Waals surface area contributed by atoms with Gasteiger partial charge >= 0.3 is 5.97 Å². The van der Waals surface area contributed by atoms with Gasteiger partial charge in [-0.3, -0.25) is 9.59 Å². The molecule has 168 valence electrons. The fraction of sp³-hybridized carbons (Fsp3) is 0.840. The van der Waals surface area contributed by atoms with Crippen LogP contribution in [-0.2, 0) is 14.3 Å². The van der Waals surface area contributed by atoms with Crippen molar-refractivity contribution in [2.24, 2.45) is 5.92 Å². The van der Waals surface area contributed by atoms with Gasteiger partial charge in [0.15, 0.2) is 0 Å². The van der Waals surface area contributed by atoms with Crippen LogP contribution >= 0.6 is 0 Å². The number of piperidine rings is 1. The molecular weight excluding hydrogens is 362 g/mol. The quantitative estimate of drug-likeness (QED) is 0.158. The van der Waals surface area contributed by atoms with Crippen molar-refractivity contribution in [1.29, 1.82) is 0 Å². The lowest BCUT2D eigenvalue weighted by Gasteiger charge is -2.30. The van der Waals surface area contributed by atoms with E-state index in [2.05, 4.69) is 13.5 Å². The van der Waals surface area contributed by atoms with Gasteiger partial charge in [-0.1, -0.05) is 97.0 Å². The third-order valence-electron chi connectivity index (χ3n) is 6.06. The van der Waals surface area contributed by atoms with Crippen LogP contribution in [0.5, 0.6) is 0 Å². The molecular formula is C25H45NO3. The summed E-state index contributed by atoms with van der Waals surface area (Å²) in [7, 11) is 0. The summed E-state index contributed by atoms with van der Waals surface area (Å²) in [4.78, 5) is 25.5. The third-order valence-corrected chi connectivity index (χ3v) is 6.06. The van der Waals surface area contributed by atoms with Crippen LogP contribution in [0.2, 0.25) is 0 Å². The minimum absolute atomic E-state index is 0.0424. The summed E-state index contributed by atoms with van der Waals surface area (Å²) in [6.07, 6.45) is 21.4. The van der Waals surface area contributed by atoms with Gasteiger partial charge in [-0.25, -0.2) is 0 Å². The fourth-order valence-corrected chi connectivity index (χ4v) is 4.05. The van der Waals surface area contributed by atoms with Crippen LogP contribution in [0.4, 0.5) is 0 Å². The molecule has 0 spiro atoms. The number of likely N-dealkylation sites (tertiary alicyclic amines) is 1. The molecule has 29 heavy (non-hydrogen) atoms. The van der Waals surface area contributed by atoms with Gasteiger partial charge < -0.3 is 9.64 Å². The van der Waals surface area contributed by atoms with Crippen molar-refractivity contribution >= 4 is 11.9 Å². The van der Waals surface area contributed by atoms with E-state index in [-0.39, 0.29) is 17.8 Å². The van der Waals surface area contributed by atoms with Crippen LogP contribution in [0.25, 0.3) is 0 Å². The van der Waals surface area contributed by atoms with Crippen LogP contribution in [0.15, 0.2) is 12.7 Å². The predicted octanol–water partition coefficient (Wildman–Crippen LogP) is 6.44. The van der Waals surface area contributed by atoms with E-state index in [4.69, 9.17) is 4.74 Å². The van der Waals surface area contributed by atoms with Crippen LogP contribution in [0.1, 0.15) is 110 Å². The zero-order valence-corrected chi connectivity index (χ0v) is 19.0. The van der Waals surface area contributed by atoms with Crippen molar-refractivity contribution in [1.82, 2.24) is 4.90 Å². The average Bonchev–Trinajstić information content (AvgIpc) is 2.75. The van der Waals surface area contributed by atoms with Crippen molar-refractivity contribution < 1.29 is 14.3 Å². The monoisotopic (exact) mass is 407 g/mol. The highest BCUT2D eigenvalue weighted by molar-refractivity contribution is 5.87. The van der Waals surface area contributed by atoms with Gasteiger partial charge in [0, 0.05) is 13.1 Å². The molecule has 0 bridgehead atoms. The lowest BCUT2D eigenvalue weighted by Crippen LogP contribution is -2.39. The molecule has 1 saturated heterocycles. The van der Waals surface area contributed by atoms with Crippen molar-refractivity contribution in [3.05, 3.63) is 12.7 Å². The highest BCUT2D eigenvalue weighted by atomic mass is 16.5. The summed E-state index contributed by atoms with van der Waals surface area (Å²) in [5, 5.41) is 0. The topological polar surface area (TPSA) is 46.6 Å². The maximum absolute atomic E-state index is 12.1. The number of carbonyl (C=O) groups excluding carboxylic acids is 2. The third kappa shape index (κ3) is 12.8. The Labute approximate surface area is 179 Å². The Morgan fingerprint density at radius 1 is 0.828 bits per heavy atom. The maximum atomic E-state index is 12.1. The minimum Gasteiger partial charge on any atom is -0.465 e. The molecule has 0 unspecified atom stereocenters. The number of ether oxygens (including phenoxy) is 1. The van der Waals surface area contributed by atoms with Crippen LogP contribution in [0.3, 0.4) is 0 Å². The van der Waals surface area contributed by atoms with E-state index >= 15 is 0 Å². The number of rotatable bonds is 17. The van der Waals surface area contributed by atoms with Crippen LogP contribution in [-0.4, -0.2) is 36.5 Å². The molecule has 1 fully saturated rings. The van der Waals surface area contributed by atoms with E-state index in [0.717, 1.165) is 12.8 Å². The van der Waals surface area contributed by atoms with Gasteiger partial charge in [-0.15, -0.1) is 0 Å². The number of unbranched alkanes of at least 4 members (excludes halogenated alkanes) is 13. The Morgan fingerprint density at radius 2 is 1.28 bits per heavy atom. The van der Waals surface area contributed by atoms with E-state index in [1.54, 1.807) is 4.90 Å². The number of amides is 1. The van der Waals surface area contributed by atoms with E-state index in [1.165, 1.54) is 83.1 Å². The SMILES string of the molecule is C=CC(=O)N1CCC(C(=O)OCCCCCCCCCCCCCCCC)CC1. The second kappa shape index (κ2) is 17.5. The Balaban J connectivity index is 1.85. The van der Waals surface area contributed by atoms with Crippen LogP contribution in [0, 0.1) is 5.92 Å². The average molecular weight is 408 g/mol. The molecule has 0 radical (unpaired) electrons. The first-order valence-corrected chi connectivity index (χ1v) is 12.3. The van der Waals surface area contributed by atoms with Crippen molar-refractivity contribution in [3.63, 3.8) is 0 Å². The molecule has 1 amide bonds. The molecule has 1 rings (SSSR count). The van der Waals surface area contributed by atoms with E-state index in [9.17, 15) is 9.59 Å². The maximum Gasteiger partial charge on any atom is 0.309 e. The summed E-state index contributed by atoms with van der Waals surface area (Å²) in [6, 6.07) is 0. The largest absolute Gasteiger partial charge is 0.465 e. The smallest absolute Gasteiger partial charge is 0.309 e. The number of nitrogens with zero attached hydrogens (tertiary/aromatic N) is 1. The second-order valence-corrected chi connectivity index (χ2v) is 8.57. The number of hydrogen-bond acceptors (Lipinski definition) is 3. The van der Waals surface area contributed by atoms with Crippen molar-refractivity contribution in [2.45, 2.75) is 110 Å². The highest BCUT2D eigenvalue weighted by Gasteiger charge is 2.27. The van der Waals surface area contributed by atoms with Crippen LogP contribution < -0.4 is 0 Å². The van der Waals surface area contributed by atoms with Gasteiger partial charge in [0.25, 0.3) is 0 Å². The van der Waals surface area contributed by atoms with Crippen molar-refractivity contribution in [3.8, 4) is 0 Å². The lowest BCUT2D eigenvalue weighted by molar-refractivity contribution is -0.151. The zero-order valence-electron chi connectivity index (χ0n) is 19.0. The number of esters is 1. The normalized spacial score (nSPS) is 14.7. The zero-order chi connectivity index (χ0) is 21.2. The molecule has 0 aliphatic carbocycles. The molecule has 0 aromatic carbocycles. The summed E-state index contributed by atoms with van der Waals surface area (Å²) < 4.78 is 5.45. The first kappa shape index (κ1) is 25.7. The molecule has 0 atom stereocenters. The second-order valence-electron chi connectivity index (χ2n) is 8.57. The molecule has 0 N–H and O–H groups in total. The van der Waals surface area contributed by atoms with Gasteiger partial charge in [-0.2, -0.15) is 0 Å². The Hall–Kier alpha value is -1.32. The molecule has 1 aliphatic rings. The van der Waals surface area contributed by atoms with Gasteiger partial charge in [-0.05, 0) is 25.3 Å². The Kier molecular flexibility index (Phi) is 15.5. The van der Waals surface area contributed by atoms with E-state index < -0.39 is 0 Å². The predicted molar refractivity (Wildman–Crippen MR) is 121 cm³/mol. The van der Waals surface area contributed by atoms with E-state index in [0.29, 0.717) is 32.5 Å². The summed E-state index contributed by atoms with van der Waals surface area (Å²) in [5.74, 6) is -0.167. The standard InChI is InChI=1S/C25H45NO3/c1-3-5-6-7-8-9-10-11-12-13-14-15-16-17-22-29-25(28)23-18-20-26(21-19-23)24(27)4-2/h4,23H,2-3,5-22H2,1H3. The molecule has 0 aromatic rings. The number of hydrogen-bond donors (Lipinski definition) is 0. The first-order chi connectivity index (χ1) is 14.2. The molecule has 4 heteroatoms. The van der Waals surface area contributed by atoms with Gasteiger partial charge in [0.1, 0.15) is 0 Å². The lowest BCUT2D eigenvalue weighted by atomic mass is 9.97. The van der Waals surface area contributed by atoms with Gasteiger partial charge in [0.2, 0.25) is 5.91 Å². The van der Waals surface area contributed by atoms with Crippen molar-refractivity contribution in [2.75, 3.05) is 19.7 Å². The van der Waals surface area contributed by atoms with Gasteiger partial charge in [0.05, 0.1) is 12.5 Å². The van der Waals surface area contributed by atoms with E-state index in [1.807, 2.05) is 0 Å². The number of carbonyl (C=O) groups is 2. The summed E-state index contributed by atoms with van der Waals surface area (Å²) in [6.45, 7) is 7.58. The Morgan fingerprint density at radius 3 is 1.72 bits per heavy atom. The highest BCUT2D eigenvalue weighted by Crippen LogP contribution is 2.19. The molecule has 1 aliphatic heterocycles. The fourth-order valence-electron chi connectivity index (χ4n) is 4.05. The Bertz CT molecular complexity index is 441. The molecule has 0 aromatic heterocycles.